The number of rotatable bonds is 3. The maximum atomic E-state index is 13.7. The molecule has 3 unspecified atom stereocenters. The van der Waals surface area contributed by atoms with Crippen molar-refractivity contribution in [1.29, 1.82) is 5.26 Å². The van der Waals surface area contributed by atoms with Crippen molar-refractivity contribution in [2.45, 2.75) is 62.6 Å². The summed E-state index contributed by atoms with van der Waals surface area (Å²) in [5.74, 6) is -2.21. The highest BCUT2D eigenvalue weighted by molar-refractivity contribution is 5.82. The maximum absolute atomic E-state index is 13.7. The molecule has 0 saturated carbocycles. The molecule has 3 rings (SSSR count). The minimum atomic E-state index is -4.91. The fourth-order valence-corrected chi connectivity index (χ4v) is 4.39. The first kappa shape index (κ1) is 24.8. The zero-order valence-electron chi connectivity index (χ0n) is 17.6. The Labute approximate surface area is 185 Å². The predicted molar refractivity (Wildman–Crippen MR) is 104 cm³/mol. The fourth-order valence-electron chi connectivity index (χ4n) is 4.39. The molecule has 2 N–H and O–H groups in total. The van der Waals surface area contributed by atoms with Crippen LogP contribution in [0.2, 0.25) is 0 Å². The molecule has 2 saturated heterocycles. The Hall–Kier alpha value is -2.81. The van der Waals surface area contributed by atoms with E-state index in [9.17, 15) is 35.9 Å². The van der Waals surface area contributed by atoms with Crippen molar-refractivity contribution >= 4 is 11.8 Å². The van der Waals surface area contributed by atoms with Gasteiger partial charge in [-0.25, -0.2) is 0 Å². The van der Waals surface area contributed by atoms with E-state index >= 15 is 0 Å². The van der Waals surface area contributed by atoms with Gasteiger partial charge in [0.25, 0.3) is 0 Å². The highest BCUT2D eigenvalue weighted by Crippen LogP contribution is 2.42. The Balaban J connectivity index is 1.78. The number of nitrogens with zero attached hydrogens (tertiary/aromatic N) is 2. The van der Waals surface area contributed by atoms with E-state index in [1.165, 1.54) is 13.0 Å². The summed E-state index contributed by atoms with van der Waals surface area (Å²) in [7, 11) is 0. The average molecular weight is 476 g/mol. The summed E-state index contributed by atoms with van der Waals surface area (Å²) in [6.07, 6.45) is -9.17. The molecular formula is C21H22F6N4O2. The van der Waals surface area contributed by atoms with Crippen LogP contribution in [0, 0.1) is 11.3 Å². The lowest BCUT2D eigenvalue weighted by molar-refractivity contribution is -0.156. The number of likely N-dealkylation sites (tertiary alicyclic amines) is 1. The van der Waals surface area contributed by atoms with E-state index in [0.29, 0.717) is 32.0 Å². The molecule has 2 aliphatic rings. The predicted octanol–water partition coefficient (Wildman–Crippen LogP) is 3.08. The second kappa shape index (κ2) is 9.21. The van der Waals surface area contributed by atoms with E-state index in [1.54, 1.807) is 4.90 Å². The minimum Gasteiger partial charge on any atom is -0.352 e. The molecule has 2 fully saturated rings. The molecule has 1 aromatic rings. The van der Waals surface area contributed by atoms with Gasteiger partial charge in [-0.2, -0.15) is 31.6 Å². The number of benzene rings is 1. The summed E-state index contributed by atoms with van der Waals surface area (Å²) in [6.45, 7) is 2.25. The summed E-state index contributed by atoms with van der Waals surface area (Å²) in [4.78, 5) is 25.7. The van der Waals surface area contributed by atoms with E-state index in [0.717, 1.165) is 12.1 Å². The van der Waals surface area contributed by atoms with Gasteiger partial charge in [0.15, 0.2) is 0 Å². The van der Waals surface area contributed by atoms with Crippen LogP contribution in [0.3, 0.4) is 0 Å². The Bertz CT molecular complexity index is 948. The van der Waals surface area contributed by atoms with Crippen LogP contribution in [0.15, 0.2) is 18.2 Å². The molecule has 0 aliphatic carbocycles. The van der Waals surface area contributed by atoms with Crippen LogP contribution >= 0.6 is 0 Å². The first-order chi connectivity index (χ1) is 15.3. The lowest BCUT2D eigenvalue weighted by atomic mass is 9.88. The standard InChI is InChI=1S/C21H22F6N4O2/c1-11(32)31-6-4-14(5-7-31)29-19(33)17-9-15(18(30-17)21(25,26)27)12-2-3-13(10-28)16(8-12)20(22,23)24/h2-3,8,14-15,17-18,30H,4-7,9H2,1H3,(H,29,33). The van der Waals surface area contributed by atoms with Gasteiger partial charge in [0.1, 0.15) is 6.04 Å². The zero-order chi connectivity index (χ0) is 24.6. The largest absolute Gasteiger partial charge is 0.417 e. The fraction of sp³-hybridized carbons (Fsp3) is 0.571. The van der Waals surface area contributed by atoms with Crippen molar-refractivity contribution in [3.63, 3.8) is 0 Å². The van der Waals surface area contributed by atoms with Crippen LogP contribution in [-0.4, -0.2) is 54.1 Å². The third kappa shape index (κ3) is 5.58. The van der Waals surface area contributed by atoms with Crippen LogP contribution in [0.25, 0.3) is 0 Å². The van der Waals surface area contributed by atoms with Crippen molar-refractivity contribution in [3.05, 3.63) is 34.9 Å². The highest BCUT2D eigenvalue weighted by atomic mass is 19.4. The van der Waals surface area contributed by atoms with Crippen molar-refractivity contribution < 1.29 is 35.9 Å². The monoisotopic (exact) mass is 476 g/mol. The quantitative estimate of drug-likeness (QED) is 0.657. The van der Waals surface area contributed by atoms with Gasteiger partial charge >= 0.3 is 12.4 Å². The van der Waals surface area contributed by atoms with Gasteiger partial charge in [0.2, 0.25) is 11.8 Å². The van der Waals surface area contributed by atoms with Gasteiger partial charge in [-0.15, -0.1) is 0 Å². The number of halogens is 6. The zero-order valence-corrected chi connectivity index (χ0v) is 17.6. The third-order valence-electron chi connectivity index (χ3n) is 6.13. The van der Waals surface area contributed by atoms with Crippen molar-refractivity contribution in [1.82, 2.24) is 15.5 Å². The summed E-state index contributed by atoms with van der Waals surface area (Å²) < 4.78 is 80.9. The van der Waals surface area contributed by atoms with Crippen LogP contribution in [0.5, 0.6) is 0 Å². The van der Waals surface area contributed by atoms with Crippen LogP contribution in [-0.2, 0) is 15.8 Å². The summed E-state index contributed by atoms with van der Waals surface area (Å²) >= 11 is 0. The third-order valence-corrected chi connectivity index (χ3v) is 6.13. The van der Waals surface area contributed by atoms with E-state index < -0.39 is 47.4 Å². The van der Waals surface area contributed by atoms with Gasteiger partial charge in [0.05, 0.1) is 23.2 Å². The first-order valence-electron chi connectivity index (χ1n) is 10.3. The number of hydrogen-bond donors (Lipinski definition) is 2. The average Bonchev–Trinajstić information content (AvgIpc) is 3.19. The van der Waals surface area contributed by atoms with Gasteiger partial charge in [0, 0.05) is 32.0 Å². The van der Waals surface area contributed by atoms with Gasteiger partial charge in [-0.3, -0.25) is 14.9 Å². The van der Waals surface area contributed by atoms with E-state index in [4.69, 9.17) is 5.26 Å². The SMILES string of the molecule is CC(=O)N1CCC(NC(=O)C2CC(c3ccc(C#N)c(C(F)(F)F)c3)C(C(F)(F)F)N2)CC1. The molecule has 180 valence electrons. The van der Waals surface area contributed by atoms with E-state index in [-0.39, 0.29) is 23.9 Å². The van der Waals surface area contributed by atoms with Crippen LogP contribution in [0.1, 0.15) is 48.8 Å². The molecule has 2 aliphatic heterocycles. The van der Waals surface area contributed by atoms with Crippen molar-refractivity contribution in [2.24, 2.45) is 0 Å². The lowest BCUT2D eigenvalue weighted by Gasteiger charge is -2.32. The molecule has 0 radical (unpaired) electrons. The number of nitriles is 1. The molecule has 2 heterocycles. The van der Waals surface area contributed by atoms with Gasteiger partial charge < -0.3 is 10.2 Å². The van der Waals surface area contributed by atoms with Gasteiger partial charge in [-0.1, -0.05) is 6.07 Å². The normalized spacial score (nSPS) is 24.4. The van der Waals surface area contributed by atoms with Crippen molar-refractivity contribution in [3.8, 4) is 6.07 Å². The summed E-state index contributed by atoms with van der Waals surface area (Å²) in [5.41, 5.74) is -2.25. The molecule has 12 heteroatoms. The number of carbonyl (C=O) groups excluding carboxylic acids is 2. The molecule has 33 heavy (non-hydrogen) atoms. The van der Waals surface area contributed by atoms with E-state index in [2.05, 4.69) is 10.6 Å². The van der Waals surface area contributed by atoms with Crippen LogP contribution < -0.4 is 10.6 Å². The summed E-state index contributed by atoms with van der Waals surface area (Å²) in [5, 5.41) is 13.8. The Morgan fingerprint density at radius 3 is 2.30 bits per heavy atom. The highest BCUT2D eigenvalue weighted by Gasteiger charge is 2.52. The Kier molecular flexibility index (Phi) is 6.93. The van der Waals surface area contributed by atoms with Crippen molar-refractivity contribution in [2.75, 3.05) is 13.1 Å². The molecular weight excluding hydrogens is 454 g/mol. The molecule has 0 spiro atoms. The number of amides is 2. The topological polar surface area (TPSA) is 85.2 Å². The number of alkyl halides is 6. The number of hydrogen-bond acceptors (Lipinski definition) is 4. The smallest absolute Gasteiger partial charge is 0.352 e. The molecule has 0 aromatic heterocycles. The summed E-state index contributed by atoms with van der Waals surface area (Å²) in [6, 6.07) is 0.0818. The molecule has 3 atom stereocenters. The van der Waals surface area contributed by atoms with E-state index in [1.807, 2.05) is 0 Å². The minimum absolute atomic E-state index is 0.103. The Morgan fingerprint density at radius 2 is 1.79 bits per heavy atom. The number of piperidine rings is 1. The first-order valence-corrected chi connectivity index (χ1v) is 10.3. The molecule has 0 bridgehead atoms. The number of nitrogens with one attached hydrogen (secondary N) is 2. The van der Waals surface area contributed by atoms with Crippen LogP contribution in [0.4, 0.5) is 26.3 Å². The molecule has 1 aromatic carbocycles. The molecule has 6 nitrogen and oxygen atoms in total. The Morgan fingerprint density at radius 1 is 1.15 bits per heavy atom. The van der Waals surface area contributed by atoms with Gasteiger partial charge in [-0.05, 0) is 37.0 Å². The lowest BCUT2D eigenvalue weighted by Crippen LogP contribution is -2.52. The second-order valence-electron chi connectivity index (χ2n) is 8.28. The second-order valence-corrected chi connectivity index (χ2v) is 8.28. The molecule has 2 amide bonds. The number of carbonyl (C=O) groups is 2. The maximum Gasteiger partial charge on any atom is 0.417 e.